The van der Waals surface area contributed by atoms with Gasteiger partial charge in [-0.3, -0.25) is 9.82 Å². The van der Waals surface area contributed by atoms with Gasteiger partial charge in [-0.15, -0.1) is 0 Å². The fraction of sp³-hybridized carbons (Fsp3) is 0.0909. The molecule has 7 nitrogen and oxygen atoms in total. The predicted octanol–water partition coefficient (Wildman–Crippen LogP) is 0.529. The van der Waals surface area contributed by atoms with Crippen molar-refractivity contribution in [2.45, 2.75) is 4.90 Å². The minimum atomic E-state index is -3.96. The maximum absolute atomic E-state index is 12.0. The van der Waals surface area contributed by atoms with E-state index >= 15 is 0 Å². The van der Waals surface area contributed by atoms with Crippen molar-refractivity contribution in [1.29, 1.82) is 0 Å². The molecule has 1 aromatic carbocycles. The van der Waals surface area contributed by atoms with Crippen molar-refractivity contribution in [2.24, 2.45) is 0 Å². The van der Waals surface area contributed by atoms with Crippen molar-refractivity contribution in [3.05, 3.63) is 36.5 Å². The number of hydrogen-bond acceptors (Lipinski definition) is 5. The number of carbonyl (C=O) groups is 1. The predicted molar refractivity (Wildman–Crippen MR) is 65.7 cm³/mol. The van der Waals surface area contributed by atoms with E-state index in [0.29, 0.717) is 10.9 Å². The number of nitrogens with one attached hydrogen (secondary N) is 1. The third-order valence-corrected chi connectivity index (χ3v) is 3.53. The van der Waals surface area contributed by atoms with Gasteiger partial charge in [0.25, 0.3) is 10.0 Å². The number of aromatic nitrogens is 1. The zero-order valence-electron chi connectivity index (χ0n) is 9.61. The van der Waals surface area contributed by atoms with Crippen molar-refractivity contribution in [3.8, 4) is 0 Å². The molecule has 0 unspecified atom stereocenters. The van der Waals surface area contributed by atoms with Crippen LogP contribution in [0.25, 0.3) is 10.9 Å². The molecular formula is C11H10N2O5S. The van der Waals surface area contributed by atoms with E-state index in [2.05, 4.69) is 9.82 Å². The van der Waals surface area contributed by atoms with Crippen LogP contribution < -0.4 is 4.89 Å². The van der Waals surface area contributed by atoms with Crippen LogP contribution in [-0.4, -0.2) is 31.1 Å². The zero-order valence-corrected chi connectivity index (χ0v) is 10.4. The van der Waals surface area contributed by atoms with Crippen molar-refractivity contribution < 1.29 is 23.2 Å². The lowest BCUT2D eigenvalue weighted by molar-refractivity contribution is -0.143. The van der Waals surface area contributed by atoms with Gasteiger partial charge in [0.05, 0.1) is 10.4 Å². The first-order valence-corrected chi connectivity index (χ1v) is 6.68. The molecular weight excluding hydrogens is 272 g/mol. The van der Waals surface area contributed by atoms with Crippen molar-refractivity contribution >= 4 is 26.9 Å². The van der Waals surface area contributed by atoms with E-state index in [-0.39, 0.29) is 4.90 Å². The number of aliphatic carboxylic acids is 1. The molecule has 0 aliphatic carbocycles. The van der Waals surface area contributed by atoms with Crippen molar-refractivity contribution in [1.82, 2.24) is 9.87 Å². The summed E-state index contributed by atoms with van der Waals surface area (Å²) in [4.78, 5) is 20.4. The first-order valence-electron chi connectivity index (χ1n) is 5.20. The molecule has 2 N–H and O–H groups in total. The standard InChI is InChI=1S/C11H10N2O5S/c14-11(15)7-18-13-19(16,17)10-5-1-4-9-8(10)3-2-6-12-9/h1-6,13H,7H2,(H,14,15). The summed E-state index contributed by atoms with van der Waals surface area (Å²) >= 11 is 0. The monoisotopic (exact) mass is 282 g/mol. The lowest BCUT2D eigenvalue weighted by Crippen LogP contribution is -2.27. The van der Waals surface area contributed by atoms with Crippen LogP contribution in [0.3, 0.4) is 0 Å². The van der Waals surface area contributed by atoms with Crippen LogP contribution in [0.1, 0.15) is 0 Å². The lowest BCUT2D eigenvalue weighted by Gasteiger charge is -2.08. The van der Waals surface area contributed by atoms with Gasteiger partial charge in [-0.2, -0.15) is 0 Å². The summed E-state index contributed by atoms with van der Waals surface area (Å²) < 4.78 is 23.9. The Morgan fingerprint density at radius 1 is 1.32 bits per heavy atom. The zero-order chi connectivity index (χ0) is 13.9. The number of nitrogens with zero attached hydrogens (tertiary/aromatic N) is 1. The maximum atomic E-state index is 12.0. The highest BCUT2D eigenvalue weighted by Gasteiger charge is 2.18. The van der Waals surface area contributed by atoms with E-state index < -0.39 is 22.6 Å². The van der Waals surface area contributed by atoms with Gasteiger partial charge in [-0.05, 0) is 24.3 Å². The Morgan fingerprint density at radius 3 is 2.84 bits per heavy atom. The summed E-state index contributed by atoms with van der Waals surface area (Å²) in [7, 11) is -3.96. The van der Waals surface area contributed by atoms with Gasteiger partial charge in [-0.25, -0.2) is 13.2 Å². The smallest absolute Gasteiger partial charge is 0.331 e. The second-order valence-electron chi connectivity index (χ2n) is 3.60. The summed E-state index contributed by atoms with van der Waals surface area (Å²) in [5.74, 6) is -1.28. The largest absolute Gasteiger partial charge is 0.479 e. The number of rotatable bonds is 5. The molecule has 1 heterocycles. The number of carboxylic acids is 1. The number of benzene rings is 1. The average Bonchev–Trinajstić information content (AvgIpc) is 2.37. The summed E-state index contributed by atoms with van der Waals surface area (Å²) in [6.07, 6.45) is 1.55. The molecule has 0 bridgehead atoms. The molecule has 0 aliphatic heterocycles. The Balaban J connectivity index is 2.35. The molecule has 0 saturated carbocycles. The van der Waals surface area contributed by atoms with Gasteiger partial charge in [0.2, 0.25) is 0 Å². The molecule has 19 heavy (non-hydrogen) atoms. The fourth-order valence-corrected chi connectivity index (χ4v) is 2.55. The first-order chi connectivity index (χ1) is 9.00. The van der Waals surface area contributed by atoms with Gasteiger partial charge >= 0.3 is 5.97 Å². The summed E-state index contributed by atoms with van der Waals surface area (Å²) in [5, 5.41) is 8.81. The van der Waals surface area contributed by atoms with E-state index in [4.69, 9.17) is 5.11 Å². The van der Waals surface area contributed by atoms with E-state index in [1.165, 1.54) is 6.07 Å². The molecule has 8 heteroatoms. The second-order valence-corrected chi connectivity index (χ2v) is 5.21. The van der Waals surface area contributed by atoms with E-state index in [0.717, 1.165) is 0 Å². The SMILES string of the molecule is O=C(O)CONS(=O)(=O)c1cccc2ncccc12. The maximum Gasteiger partial charge on any atom is 0.331 e. The average molecular weight is 282 g/mol. The molecule has 0 amide bonds. The van der Waals surface area contributed by atoms with Gasteiger partial charge < -0.3 is 5.11 Å². The Bertz CT molecular complexity index is 709. The Labute approximate surface area is 108 Å². The number of carboxylic acid groups (broad SMARTS) is 1. The Kier molecular flexibility index (Phi) is 3.74. The van der Waals surface area contributed by atoms with E-state index in [1.807, 2.05) is 0 Å². The van der Waals surface area contributed by atoms with E-state index in [9.17, 15) is 13.2 Å². The molecule has 0 atom stereocenters. The lowest BCUT2D eigenvalue weighted by atomic mass is 10.2. The summed E-state index contributed by atoms with van der Waals surface area (Å²) in [6, 6.07) is 7.82. The third kappa shape index (κ3) is 3.05. The van der Waals surface area contributed by atoms with Gasteiger partial charge in [-0.1, -0.05) is 11.0 Å². The number of fused-ring (bicyclic) bond motifs is 1. The normalized spacial score (nSPS) is 11.6. The number of pyridine rings is 1. The van der Waals surface area contributed by atoms with Crippen LogP contribution in [0, 0.1) is 0 Å². The second kappa shape index (κ2) is 5.31. The van der Waals surface area contributed by atoms with Crippen LogP contribution in [-0.2, 0) is 19.7 Å². The molecule has 2 aromatic rings. The quantitative estimate of drug-likeness (QED) is 0.775. The van der Waals surface area contributed by atoms with Gasteiger partial charge in [0, 0.05) is 11.6 Å². The fourth-order valence-electron chi connectivity index (χ4n) is 1.52. The highest BCUT2D eigenvalue weighted by molar-refractivity contribution is 7.89. The molecule has 0 spiro atoms. The summed E-state index contributed by atoms with van der Waals surface area (Å²) in [5.41, 5.74) is 0.517. The molecule has 2 rings (SSSR count). The highest BCUT2D eigenvalue weighted by Crippen LogP contribution is 2.20. The van der Waals surface area contributed by atoms with Gasteiger partial charge in [0.1, 0.15) is 0 Å². The van der Waals surface area contributed by atoms with Crippen LogP contribution in [0.2, 0.25) is 0 Å². The third-order valence-electron chi connectivity index (χ3n) is 2.26. The highest BCUT2D eigenvalue weighted by atomic mass is 32.2. The molecule has 0 radical (unpaired) electrons. The number of hydrogen-bond donors (Lipinski definition) is 2. The molecule has 100 valence electrons. The minimum absolute atomic E-state index is 0.0245. The van der Waals surface area contributed by atoms with Crippen LogP contribution in [0.5, 0.6) is 0 Å². The van der Waals surface area contributed by atoms with E-state index in [1.54, 1.807) is 35.3 Å². The topological polar surface area (TPSA) is 106 Å². The first kappa shape index (κ1) is 13.4. The molecule has 0 aliphatic rings. The van der Waals surface area contributed by atoms with Crippen molar-refractivity contribution in [3.63, 3.8) is 0 Å². The Hall–Kier alpha value is -2.03. The molecule has 1 aromatic heterocycles. The van der Waals surface area contributed by atoms with Crippen LogP contribution in [0.15, 0.2) is 41.4 Å². The molecule has 0 fully saturated rings. The minimum Gasteiger partial charge on any atom is -0.479 e. The Morgan fingerprint density at radius 2 is 2.11 bits per heavy atom. The molecule has 0 saturated heterocycles. The number of sulfonamides is 1. The van der Waals surface area contributed by atoms with Crippen LogP contribution >= 0.6 is 0 Å². The van der Waals surface area contributed by atoms with Crippen molar-refractivity contribution in [2.75, 3.05) is 6.61 Å². The van der Waals surface area contributed by atoms with Crippen LogP contribution in [0.4, 0.5) is 0 Å². The van der Waals surface area contributed by atoms with Gasteiger partial charge in [0.15, 0.2) is 6.61 Å². The summed E-state index contributed by atoms with van der Waals surface area (Å²) in [6.45, 7) is -0.762.